The van der Waals surface area contributed by atoms with Crippen molar-refractivity contribution in [1.82, 2.24) is 20.1 Å². The van der Waals surface area contributed by atoms with E-state index in [0.717, 1.165) is 26.2 Å². The molecule has 1 saturated heterocycles. The van der Waals surface area contributed by atoms with Gasteiger partial charge in [-0.15, -0.1) is 0 Å². The molecule has 2 heterocycles. The largest absolute Gasteiger partial charge is 0.351 e. The number of rotatable bonds is 6. The fourth-order valence-corrected chi connectivity index (χ4v) is 4.27. The van der Waals surface area contributed by atoms with E-state index >= 15 is 0 Å². The number of amides is 1. The lowest BCUT2D eigenvalue weighted by Gasteiger charge is -2.40. The number of carbonyl (C=O) groups is 2. The van der Waals surface area contributed by atoms with Gasteiger partial charge < -0.3 is 10.2 Å². The molecule has 2 aromatic carbocycles. The summed E-state index contributed by atoms with van der Waals surface area (Å²) >= 11 is 0. The molecule has 0 radical (unpaired) electrons. The summed E-state index contributed by atoms with van der Waals surface area (Å²) < 4.78 is 0. The maximum absolute atomic E-state index is 13.1. The average Bonchev–Trinajstić information content (AvgIpc) is 2.79. The summed E-state index contributed by atoms with van der Waals surface area (Å²) in [7, 11) is 2.15. The minimum Gasteiger partial charge on any atom is -0.351 e. The first kappa shape index (κ1) is 21.2. The summed E-state index contributed by atoms with van der Waals surface area (Å²) in [5.41, 5.74) is 2.77. The first-order valence-corrected chi connectivity index (χ1v) is 10.7. The van der Waals surface area contributed by atoms with Gasteiger partial charge in [0.1, 0.15) is 0 Å². The van der Waals surface area contributed by atoms with Gasteiger partial charge in [0.25, 0.3) is 5.91 Å². The Hall–Kier alpha value is -3.09. The van der Waals surface area contributed by atoms with Crippen molar-refractivity contribution >= 4 is 22.6 Å². The molecule has 160 valence electrons. The third kappa shape index (κ3) is 4.65. The van der Waals surface area contributed by atoms with Crippen molar-refractivity contribution in [3.05, 3.63) is 77.5 Å². The number of nitrogens with zero attached hydrogens (tertiary/aromatic N) is 3. The first-order chi connectivity index (χ1) is 15.0. The van der Waals surface area contributed by atoms with E-state index in [4.69, 9.17) is 0 Å². The molecule has 31 heavy (non-hydrogen) atoms. The fraction of sp³-hybridized carbons (Fsp3) is 0.320. The van der Waals surface area contributed by atoms with E-state index in [1.54, 1.807) is 0 Å². The summed E-state index contributed by atoms with van der Waals surface area (Å²) in [4.78, 5) is 34.3. The summed E-state index contributed by atoms with van der Waals surface area (Å²) in [6.45, 7) is 5.64. The Bertz CT molecular complexity index is 1080. The van der Waals surface area contributed by atoms with E-state index in [-0.39, 0.29) is 11.7 Å². The number of ketones is 1. The number of nitrogens with one attached hydrogen (secondary N) is 1. The molecule has 0 saturated carbocycles. The van der Waals surface area contributed by atoms with Crippen LogP contribution in [0, 0.1) is 0 Å². The number of likely N-dealkylation sites (N-methyl/N-ethyl adjacent to an activating group) is 1. The van der Waals surface area contributed by atoms with Crippen LogP contribution in [0.1, 0.15) is 39.2 Å². The molecule has 0 bridgehead atoms. The maximum atomic E-state index is 13.1. The predicted molar refractivity (Wildman–Crippen MR) is 122 cm³/mol. The standard InChI is InChI=1S/C25H28N4O2/c1-18(30)21-16-27-22-11-7-6-10-20(22)24(21)25(31)26-12-13-29-15-14-28(2)17-23(29)19-8-4-3-5-9-19/h3-11,16,23H,12-15,17H2,1-2H3,(H,26,31). The van der Waals surface area contributed by atoms with Gasteiger partial charge in [-0.1, -0.05) is 48.5 Å². The lowest BCUT2D eigenvalue weighted by molar-refractivity contribution is 0.0841. The minimum atomic E-state index is -0.228. The van der Waals surface area contributed by atoms with Gasteiger partial charge in [0, 0.05) is 55.9 Å². The number of hydrogen-bond donors (Lipinski definition) is 1. The first-order valence-electron chi connectivity index (χ1n) is 10.7. The molecule has 1 aliphatic rings. The lowest BCUT2D eigenvalue weighted by Crippen LogP contribution is -2.49. The van der Waals surface area contributed by atoms with Crippen LogP contribution in [0.15, 0.2) is 60.8 Å². The van der Waals surface area contributed by atoms with Gasteiger partial charge in [-0.05, 0) is 25.6 Å². The lowest BCUT2D eigenvalue weighted by atomic mass is 10.0. The van der Waals surface area contributed by atoms with Crippen LogP contribution >= 0.6 is 0 Å². The Balaban J connectivity index is 1.49. The number of piperazine rings is 1. The number of pyridine rings is 1. The smallest absolute Gasteiger partial charge is 0.252 e. The van der Waals surface area contributed by atoms with Crippen LogP contribution in [-0.2, 0) is 0 Å². The molecule has 6 nitrogen and oxygen atoms in total. The molecule has 1 atom stereocenters. The summed E-state index contributed by atoms with van der Waals surface area (Å²) in [6.07, 6.45) is 1.51. The molecule has 1 fully saturated rings. The van der Waals surface area contributed by atoms with Crippen molar-refractivity contribution in [3.8, 4) is 0 Å². The quantitative estimate of drug-likeness (QED) is 0.626. The monoisotopic (exact) mass is 416 g/mol. The van der Waals surface area contributed by atoms with Gasteiger partial charge in [-0.3, -0.25) is 19.5 Å². The van der Waals surface area contributed by atoms with Gasteiger partial charge >= 0.3 is 0 Å². The maximum Gasteiger partial charge on any atom is 0.252 e. The molecular weight excluding hydrogens is 388 g/mol. The summed E-state index contributed by atoms with van der Waals surface area (Å²) in [6, 6.07) is 18.2. The normalized spacial score (nSPS) is 17.5. The second-order valence-corrected chi connectivity index (χ2v) is 8.10. The highest BCUT2D eigenvalue weighted by Gasteiger charge is 2.26. The van der Waals surface area contributed by atoms with Gasteiger partial charge in [0.15, 0.2) is 5.78 Å². The zero-order chi connectivity index (χ0) is 21.8. The Kier molecular flexibility index (Phi) is 6.39. The number of para-hydroxylation sites is 1. The second-order valence-electron chi connectivity index (χ2n) is 8.10. The molecule has 3 aromatic rings. The van der Waals surface area contributed by atoms with E-state index in [0.29, 0.717) is 34.6 Å². The van der Waals surface area contributed by atoms with E-state index in [9.17, 15) is 9.59 Å². The van der Waals surface area contributed by atoms with Crippen LogP contribution in [0.2, 0.25) is 0 Å². The van der Waals surface area contributed by atoms with E-state index in [2.05, 4.69) is 51.4 Å². The molecule has 1 amide bonds. The van der Waals surface area contributed by atoms with Crippen LogP contribution in [0.4, 0.5) is 0 Å². The van der Waals surface area contributed by atoms with Crippen molar-refractivity contribution in [2.45, 2.75) is 13.0 Å². The average molecular weight is 417 g/mol. The van der Waals surface area contributed by atoms with Gasteiger partial charge in [0.2, 0.25) is 0 Å². The number of Topliss-reactive ketones (excluding diaryl/α,β-unsaturated/α-hetero) is 1. The second kappa shape index (κ2) is 9.37. The van der Waals surface area contributed by atoms with Crippen LogP contribution in [-0.4, -0.2) is 66.2 Å². The minimum absolute atomic E-state index is 0.161. The molecule has 1 aliphatic heterocycles. The van der Waals surface area contributed by atoms with E-state index < -0.39 is 0 Å². The molecule has 0 spiro atoms. The molecule has 6 heteroatoms. The van der Waals surface area contributed by atoms with Crippen molar-refractivity contribution in [2.75, 3.05) is 39.8 Å². The van der Waals surface area contributed by atoms with Crippen LogP contribution in [0.25, 0.3) is 10.9 Å². The highest BCUT2D eigenvalue weighted by Crippen LogP contribution is 2.24. The van der Waals surface area contributed by atoms with E-state index in [1.807, 2.05) is 30.3 Å². The van der Waals surface area contributed by atoms with Gasteiger partial charge in [0.05, 0.1) is 11.1 Å². The highest BCUT2D eigenvalue weighted by molar-refractivity contribution is 6.14. The zero-order valence-electron chi connectivity index (χ0n) is 18.0. The van der Waals surface area contributed by atoms with Crippen molar-refractivity contribution < 1.29 is 9.59 Å². The van der Waals surface area contributed by atoms with Crippen LogP contribution in [0.3, 0.4) is 0 Å². The highest BCUT2D eigenvalue weighted by atomic mass is 16.2. The van der Waals surface area contributed by atoms with Crippen molar-refractivity contribution in [3.63, 3.8) is 0 Å². The number of carbonyl (C=O) groups excluding carboxylic acids is 2. The Morgan fingerprint density at radius 1 is 1.06 bits per heavy atom. The SMILES string of the molecule is CC(=O)c1cnc2ccccc2c1C(=O)NCCN1CCN(C)CC1c1ccccc1. The van der Waals surface area contributed by atoms with E-state index in [1.165, 1.54) is 18.7 Å². The fourth-order valence-electron chi connectivity index (χ4n) is 4.27. The molecule has 1 aromatic heterocycles. The summed E-state index contributed by atoms with van der Waals surface area (Å²) in [5.74, 6) is -0.388. The van der Waals surface area contributed by atoms with Crippen LogP contribution < -0.4 is 5.32 Å². The molecule has 1 N–H and O–H groups in total. The molecular formula is C25H28N4O2. The third-order valence-electron chi connectivity index (χ3n) is 5.95. The number of fused-ring (bicyclic) bond motifs is 1. The topological polar surface area (TPSA) is 65.5 Å². The molecule has 0 aliphatic carbocycles. The number of benzene rings is 2. The van der Waals surface area contributed by atoms with Gasteiger partial charge in [-0.2, -0.15) is 0 Å². The number of hydrogen-bond acceptors (Lipinski definition) is 5. The van der Waals surface area contributed by atoms with Gasteiger partial charge in [-0.25, -0.2) is 0 Å². The number of aromatic nitrogens is 1. The Labute approximate surface area is 182 Å². The summed E-state index contributed by atoms with van der Waals surface area (Å²) in [5, 5.41) is 3.75. The Morgan fingerprint density at radius 3 is 2.58 bits per heavy atom. The van der Waals surface area contributed by atoms with Crippen LogP contribution in [0.5, 0.6) is 0 Å². The zero-order valence-corrected chi connectivity index (χ0v) is 18.0. The molecule has 4 rings (SSSR count). The third-order valence-corrected chi connectivity index (χ3v) is 5.95. The van der Waals surface area contributed by atoms with Crippen molar-refractivity contribution in [1.29, 1.82) is 0 Å². The molecule has 1 unspecified atom stereocenters. The predicted octanol–water partition coefficient (Wildman–Crippen LogP) is 3.16. The Morgan fingerprint density at radius 2 is 1.81 bits per heavy atom. The van der Waals surface area contributed by atoms with Crippen molar-refractivity contribution in [2.24, 2.45) is 0 Å².